The van der Waals surface area contributed by atoms with Gasteiger partial charge in [-0.25, -0.2) is 0 Å². The summed E-state index contributed by atoms with van der Waals surface area (Å²) >= 11 is 0. The van der Waals surface area contributed by atoms with E-state index < -0.39 is 0 Å². The zero-order chi connectivity index (χ0) is 13.2. The first kappa shape index (κ1) is 12.7. The van der Waals surface area contributed by atoms with E-state index in [1.165, 1.54) is 17.5 Å². The van der Waals surface area contributed by atoms with Crippen LogP contribution in [0.25, 0.3) is 0 Å². The van der Waals surface area contributed by atoms with Crippen LogP contribution in [0, 0.1) is 0 Å². The molecule has 102 valence electrons. The first-order chi connectivity index (χ1) is 9.27. The second-order valence-corrected chi connectivity index (χ2v) is 5.71. The van der Waals surface area contributed by atoms with Crippen molar-refractivity contribution >= 4 is 5.91 Å². The highest BCUT2D eigenvalue weighted by Crippen LogP contribution is 2.24. The molecular weight excluding hydrogens is 236 g/mol. The number of likely N-dealkylation sites (tertiary alicyclic amines) is 1. The summed E-state index contributed by atoms with van der Waals surface area (Å²) in [7, 11) is 0. The van der Waals surface area contributed by atoms with Gasteiger partial charge in [-0.2, -0.15) is 0 Å². The highest BCUT2D eigenvalue weighted by atomic mass is 16.2. The highest BCUT2D eigenvalue weighted by molar-refractivity contribution is 5.96. The molecule has 0 spiro atoms. The van der Waals surface area contributed by atoms with Gasteiger partial charge < -0.3 is 10.2 Å². The van der Waals surface area contributed by atoms with Gasteiger partial charge in [0.15, 0.2) is 0 Å². The molecule has 1 saturated heterocycles. The van der Waals surface area contributed by atoms with E-state index in [-0.39, 0.29) is 5.91 Å². The van der Waals surface area contributed by atoms with E-state index in [1.54, 1.807) is 0 Å². The molecule has 3 nitrogen and oxygen atoms in total. The van der Waals surface area contributed by atoms with E-state index in [4.69, 9.17) is 0 Å². The largest absolute Gasteiger partial charge is 0.336 e. The lowest BCUT2D eigenvalue weighted by Crippen LogP contribution is -2.42. The normalized spacial score (nSPS) is 23.0. The van der Waals surface area contributed by atoms with Gasteiger partial charge in [0.1, 0.15) is 0 Å². The third kappa shape index (κ3) is 2.39. The molecule has 2 aliphatic heterocycles. The van der Waals surface area contributed by atoms with Crippen LogP contribution in [0.5, 0.6) is 0 Å². The van der Waals surface area contributed by atoms with Crippen molar-refractivity contribution in [2.24, 2.45) is 0 Å². The van der Waals surface area contributed by atoms with E-state index in [9.17, 15) is 4.79 Å². The number of rotatable bonds is 1. The van der Waals surface area contributed by atoms with Gasteiger partial charge in [0.2, 0.25) is 0 Å². The van der Waals surface area contributed by atoms with Crippen molar-refractivity contribution in [1.29, 1.82) is 0 Å². The number of carbonyl (C=O) groups is 1. The van der Waals surface area contributed by atoms with E-state index in [1.807, 2.05) is 12.1 Å². The molecule has 1 amide bonds. The molecule has 1 N–H and O–H groups in total. The Balaban J connectivity index is 1.91. The van der Waals surface area contributed by atoms with E-state index in [0.29, 0.717) is 6.04 Å². The summed E-state index contributed by atoms with van der Waals surface area (Å²) in [6.07, 6.45) is 4.51. The fraction of sp³-hybridized carbons (Fsp3) is 0.562. The summed E-state index contributed by atoms with van der Waals surface area (Å²) in [6, 6.07) is 6.55. The first-order valence-electron chi connectivity index (χ1n) is 7.40. The second-order valence-electron chi connectivity index (χ2n) is 5.71. The van der Waals surface area contributed by atoms with E-state index in [0.717, 1.165) is 44.5 Å². The third-order valence-electron chi connectivity index (χ3n) is 4.43. The average Bonchev–Trinajstić information content (AvgIpc) is 2.46. The van der Waals surface area contributed by atoms with Crippen molar-refractivity contribution in [3.05, 3.63) is 34.9 Å². The van der Waals surface area contributed by atoms with Crippen molar-refractivity contribution in [2.45, 2.75) is 45.2 Å². The summed E-state index contributed by atoms with van der Waals surface area (Å²) in [5.74, 6) is 0.242. The molecule has 1 aromatic rings. The van der Waals surface area contributed by atoms with Crippen LogP contribution in [0.2, 0.25) is 0 Å². The smallest absolute Gasteiger partial charge is 0.254 e. The number of hydrogen-bond donors (Lipinski definition) is 1. The molecule has 1 unspecified atom stereocenters. The van der Waals surface area contributed by atoms with E-state index in [2.05, 4.69) is 23.2 Å². The molecule has 0 radical (unpaired) electrons. The number of hydrogen-bond acceptors (Lipinski definition) is 2. The Labute approximate surface area is 115 Å². The zero-order valence-corrected chi connectivity index (χ0v) is 11.6. The molecule has 1 atom stereocenters. The number of benzene rings is 1. The fourth-order valence-corrected chi connectivity index (χ4v) is 3.29. The molecule has 0 saturated carbocycles. The van der Waals surface area contributed by atoms with Gasteiger partial charge >= 0.3 is 0 Å². The Hall–Kier alpha value is -1.35. The molecule has 2 heterocycles. The number of piperidine rings is 1. The minimum absolute atomic E-state index is 0.242. The number of amides is 1. The van der Waals surface area contributed by atoms with E-state index >= 15 is 0 Å². The predicted molar refractivity (Wildman–Crippen MR) is 76.2 cm³/mol. The van der Waals surface area contributed by atoms with Crippen LogP contribution >= 0.6 is 0 Å². The summed E-state index contributed by atoms with van der Waals surface area (Å²) < 4.78 is 0. The minimum atomic E-state index is 0.242. The van der Waals surface area contributed by atoms with Gasteiger partial charge in [0, 0.05) is 24.7 Å². The van der Waals surface area contributed by atoms with Crippen LogP contribution in [0.3, 0.4) is 0 Å². The molecule has 0 bridgehead atoms. The van der Waals surface area contributed by atoms with Gasteiger partial charge in [0.05, 0.1) is 0 Å². The molecule has 3 rings (SSSR count). The number of fused-ring (bicyclic) bond motifs is 1. The van der Waals surface area contributed by atoms with Crippen LogP contribution in [-0.2, 0) is 13.0 Å². The second kappa shape index (κ2) is 5.33. The maximum Gasteiger partial charge on any atom is 0.254 e. The maximum absolute atomic E-state index is 12.8. The van der Waals surface area contributed by atoms with Crippen molar-refractivity contribution in [3.8, 4) is 0 Å². The maximum atomic E-state index is 12.8. The van der Waals surface area contributed by atoms with Crippen molar-refractivity contribution in [2.75, 3.05) is 13.1 Å². The Morgan fingerprint density at radius 3 is 3.11 bits per heavy atom. The lowest BCUT2D eigenvalue weighted by Gasteiger charge is -2.34. The monoisotopic (exact) mass is 258 g/mol. The Kier molecular flexibility index (Phi) is 3.56. The van der Waals surface area contributed by atoms with Gasteiger partial charge in [-0.05, 0) is 56.3 Å². The average molecular weight is 258 g/mol. The first-order valence-corrected chi connectivity index (χ1v) is 7.40. The fourth-order valence-electron chi connectivity index (χ4n) is 3.29. The highest BCUT2D eigenvalue weighted by Gasteiger charge is 2.26. The molecular formula is C16H22N2O. The molecule has 19 heavy (non-hydrogen) atoms. The Morgan fingerprint density at radius 1 is 1.37 bits per heavy atom. The van der Waals surface area contributed by atoms with Crippen LogP contribution in [0.15, 0.2) is 18.2 Å². The number of carbonyl (C=O) groups excluding carboxylic acids is 1. The third-order valence-corrected chi connectivity index (χ3v) is 4.43. The minimum Gasteiger partial charge on any atom is -0.336 e. The lowest BCUT2D eigenvalue weighted by atomic mass is 9.93. The van der Waals surface area contributed by atoms with Crippen molar-refractivity contribution in [1.82, 2.24) is 10.2 Å². The SMILES string of the molecule is CC1CCCCN1C(=O)c1cccc2c1CCNC2. The zero-order valence-electron chi connectivity index (χ0n) is 11.6. The topological polar surface area (TPSA) is 32.3 Å². The number of nitrogens with zero attached hydrogens (tertiary/aromatic N) is 1. The van der Waals surface area contributed by atoms with Crippen molar-refractivity contribution < 1.29 is 4.79 Å². The molecule has 0 aromatic heterocycles. The molecule has 3 heteroatoms. The lowest BCUT2D eigenvalue weighted by molar-refractivity contribution is 0.0634. The molecule has 0 aliphatic carbocycles. The summed E-state index contributed by atoms with van der Waals surface area (Å²) in [4.78, 5) is 14.9. The van der Waals surface area contributed by atoms with Gasteiger partial charge in [0.25, 0.3) is 5.91 Å². The van der Waals surface area contributed by atoms with Crippen molar-refractivity contribution in [3.63, 3.8) is 0 Å². The van der Waals surface area contributed by atoms with Crippen LogP contribution in [-0.4, -0.2) is 29.9 Å². The summed E-state index contributed by atoms with van der Waals surface area (Å²) in [5, 5.41) is 3.37. The Bertz CT molecular complexity index is 484. The van der Waals surface area contributed by atoms with Gasteiger partial charge in [-0.1, -0.05) is 12.1 Å². The van der Waals surface area contributed by atoms with Gasteiger partial charge in [-0.3, -0.25) is 4.79 Å². The molecule has 1 fully saturated rings. The van der Waals surface area contributed by atoms with Crippen LogP contribution in [0.1, 0.15) is 47.7 Å². The summed E-state index contributed by atoms with van der Waals surface area (Å²) in [5.41, 5.74) is 3.50. The Morgan fingerprint density at radius 2 is 2.26 bits per heavy atom. The van der Waals surface area contributed by atoms with Crippen LogP contribution in [0.4, 0.5) is 0 Å². The van der Waals surface area contributed by atoms with Gasteiger partial charge in [-0.15, -0.1) is 0 Å². The molecule has 1 aromatic carbocycles. The molecule has 2 aliphatic rings. The standard InChI is InChI=1S/C16H22N2O/c1-12-5-2-3-10-18(12)16(19)15-7-4-6-13-11-17-9-8-14(13)15/h4,6-7,12,17H,2-3,5,8-11H2,1H3. The quantitative estimate of drug-likeness (QED) is 0.838. The predicted octanol–water partition coefficient (Wildman–Crippen LogP) is 2.35. The summed E-state index contributed by atoms with van der Waals surface area (Å²) in [6.45, 7) is 4.97. The van der Waals surface area contributed by atoms with Crippen LogP contribution < -0.4 is 5.32 Å². The number of nitrogens with one attached hydrogen (secondary N) is 1.